The van der Waals surface area contributed by atoms with Crippen molar-refractivity contribution in [1.29, 1.82) is 0 Å². The van der Waals surface area contributed by atoms with Gasteiger partial charge in [-0.25, -0.2) is 5.43 Å². The summed E-state index contributed by atoms with van der Waals surface area (Å²) in [5.74, 6) is -1.38. The number of carbonyl (C=O) groups excluding carboxylic acids is 2. The van der Waals surface area contributed by atoms with Gasteiger partial charge in [0.25, 0.3) is 0 Å². The van der Waals surface area contributed by atoms with E-state index in [2.05, 4.69) is 21.9 Å². The number of benzene rings is 3. The monoisotopic (exact) mass is 331 g/mol. The standard InChI is InChI=1S/C20H17N3O2/c24-19(22-15-9-10-15)20(25)23-21-12-18-16-7-3-1-5-13(16)11-14-6-2-4-8-17(14)18/h1-8,11-12,15H,9-10H2,(H,22,24)(H,23,25). The maximum absolute atomic E-state index is 11.8. The molecule has 3 aromatic carbocycles. The smallest absolute Gasteiger partial charge is 0.329 e. The first-order chi connectivity index (χ1) is 12.2. The normalized spacial score (nSPS) is 14.1. The highest BCUT2D eigenvalue weighted by molar-refractivity contribution is 6.35. The summed E-state index contributed by atoms with van der Waals surface area (Å²) in [4.78, 5) is 23.5. The van der Waals surface area contributed by atoms with Crippen molar-refractivity contribution >= 4 is 39.6 Å². The van der Waals surface area contributed by atoms with Crippen molar-refractivity contribution in [2.45, 2.75) is 18.9 Å². The van der Waals surface area contributed by atoms with Crippen LogP contribution in [0.3, 0.4) is 0 Å². The van der Waals surface area contributed by atoms with E-state index >= 15 is 0 Å². The molecule has 0 heterocycles. The minimum atomic E-state index is -0.743. The Kier molecular flexibility index (Phi) is 3.90. The number of carbonyl (C=O) groups is 2. The van der Waals surface area contributed by atoms with Crippen molar-refractivity contribution < 1.29 is 9.59 Å². The Hall–Kier alpha value is -3.21. The van der Waals surface area contributed by atoms with Gasteiger partial charge in [0.05, 0.1) is 6.21 Å². The SMILES string of the molecule is O=C(NN=Cc1c2ccccc2cc2ccccc12)C(=O)NC1CC1. The molecule has 3 aromatic rings. The number of hydrazone groups is 1. The van der Waals surface area contributed by atoms with Crippen LogP contribution >= 0.6 is 0 Å². The molecule has 0 spiro atoms. The zero-order chi connectivity index (χ0) is 17.2. The lowest BCUT2D eigenvalue weighted by Crippen LogP contribution is -2.38. The van der Waals surface area contributed by atoms with Crippen molar-refractivity contribution in [2.75, 3.05) is 0 Å². The Bertz CT molecular complexity index is 952. The summed E-state index contributed by atoms with van der Waals surface area (Å²) in [6, 6.07) is 18.3. The summed E-state index contributed by atoms with van der Waals surface area (Å²) in [7, 11) is 0. The van der Waals surface area contributed by atoms with Crippen molar-refractivity contribution in [3.8, 4) is 0 Å². The highest BCUT2D eigenvalue weighted by Gasteiger charge is 2.26. The predicted octanol–water partition coefficient (Wildman–Crippen LogP) is 2.72. The Labute approximate surface area is 144 Å². The lowest BCUT2D eigenvalue weighted by Gasteiger charge is -2.08. The van der Waals surface area contributed by atoms with Crippen LogP contribution in [0.2, 0.25) is 0 Å². The lowest BCUT2D eigenvalue weighted by atomic mass is 9.97. The van der Waals surface area contributed by atoms with Crippen LogP contribution in [-0.2, 0) is 9.59 Å². The third-order valence-corrected chi connectivity index (χ3v) is 4.29. The molecule has 25 heavy (non-hydrogen) atoms. The van der Waals surface area contributed by atoms with Crippen LogP contribution in [0.25, 0.3) is 21.5 Å². The molecule has 0 aliphatic heterocycles. The highest BCUT2D eigenvalue weighted by Crippen LogP contribution is 2.27. The Morgan fingerprint density at radius 3 is 2.12 bits per heavy atom. The third kappa shape index (κ3) is 3.21. The fourth-order valence-electron chi connectivity index (χ4n) is 2.87. The Morgan fingerprint density at radius 2 is 1.52 bits per heavy atom. The van der Waals surface area contributed by atoms with Crippen LogP contribution in [-0.4, -0.2) is 24.1 Å². The number of amides is 2. The molecule has 2 amide bonds. The molecule has 0 aromatic heterocycles. The van der Waals surface area contributed by atoms with Crippen LogP contribution in [0.15, 0.2) is 59.7 Å². The van der Waals surface area contributed by atoms with Gasteiger partial charge in [0.2, 0.25) is 0 Å². The van der Waals surface area contributed by atoms with Gasteiger partial charge in [-0.3, -0.25) is 9.59 Å². The first-order valence-electron chi connectivity index (χ1n) is 8.27. The van der Waals surface area contributed by atoms with Gasteiger partial charge in [-0.15, -0.1) is 0 Å². The van der Waals surface area contributed by atoms with Crippen LogP contribution in [0.4, 0.5) is 0 Å². The number of hydrogen-bond donors (Lipinski definition) is 2. The van der Waals surface area contributed by atoms with Crippen molar-refractivity contribution in [3.05, 3.63) is 60.2 Å². The van der Waals surface area contributed by atoms with E-state index in [0.717, 1.165) is 39.9 Å². The Morgan fingerprint density at radius 1 is 0.920 bits per heavy atom. The molecule has 5 nitrogen and oxygen atoms in total. The summed E-state index contributed by atoms with van der Waals surface area (Å²) in [6.45, 7) is 0. The molecule has 0 saturated heterocycles. The van der Waals surface area contributed by atoms with Crippen molar-refractivity contribution in [2.24, 2.45) is 5.10 Å². The van der Waals surface area contributed by atoms with E-state index in [-0.39, 0.29) is 6.04 Å². The molecule has 1 saturated carbocycles. The number of rotatable bonds is 3. The Balaban J connectivity index is 1.64. The fourth-order valence-corrected chi connectivity index (χ4v) is 2.87. The molecular formula is C20H17N3O2. The van der Waals surface area contributed by atoms with E-state index < -0.39 is 11.8 Å². The fraction of sp³-hybridized carbons (Fsp3) is 0.150. The molecular weight excluding hydrogens is 314 g/mol. The first-order valence-corrected chi connectivity index (χ1v) is 8.27. The van der Waals surface area contributed by atoms with E-state index in [1.807, 2.05) is 48.5 Å². The molecule has 1 fully saturated rings. The molecule has 0 bridgehead atoms. The van der Waals surface area contributed by atoms with Gasteiger partial charge in [-0.2, -0.15) is 5.10 Å². The van der Waals surface area contributed by atoms with Gasteiger partial charge in [-0.05, 0) is 40.5 Å². The molecule has 1 aliphatic rings. The quantitative estimate of drug-likeness (QED) is 0.335. The van der Waals surface area contributed by atoms with E-state index in [1.165, 1.54) is 0 Å². The molecule has 2 N–H and O–H groups in total. The number of nitrogens with zero attached hydrogens (tertiary/aromatic N) is 1. The zero-order valence-corrected chi connectivity index (χ0v) is 13.5. The molecule has 4 rings (SSSR count). The van der Waals surface area contributed by atoms with E-state index in [9.17, 15) is 9.59 Å². The average Bonchev–Trinajstić information content (AvgIpc) is 3.45. The second-order valence-corrected chi connectivity index (χ2v) is 6.18. The van der Waals surface area contributed by atoms with Crippen LogP contribution in [0.1, 0.15) is 18.4 Å². The van der Waals surface area contributed by atoms with E-state index in [0.29, 0.717) is 0 Å². The van der Waals surface area contributed by atoms with Crippen molar-refractivity contribution in [3.63, 3.8) is 0 Å². The summed E-state index contributed by atoms with van der Waals surface area (Å²) in [5.41, 5.74) is 3.23. The zero-order valence-electron chi connectivity index (χ0n) is 13.5. The first kappa shape index (κ1) is 15.3. The number of nitrogens with one attached hydrogen (secondary N) is 2. The molecule has 0 unspecified atom stereocenters. The second-order valence-electron chi connectivity index (χ2n) is 6.18. The number of fused-ring (bicyclic) bond motifs is 2. The summed E-state index contributed by atoms with van der Waals surface area (Å²) in [5, 5.41) is 10.9. The van der Waals surface area contributed by atoms with Gasteiger partial charge in [0.15, 0.2) is 0 Å². The maximum atomic E-state index is 11.8. The number of hydrogen-bond acceptors (Lipinski definition) is 3. The molecule has 124 valence electrons. The lowest BCUT2D eigenvalue weighted by molar-refractivity contribution is -0.139. The van der Waals surface area contributed by atoms with Gasteiger partial charge < -0.3 is 5.32 Å². The molecule has 1 aliphatic carbocycles. The average molecular weight is 331 g/mol. The van der Waals surface area contributed by atoms with E-state index in [4.69, 9.17) is 0 Å². The van der Waals surface area contributed by atoms with Crippen LogP contribution in [0, 0.1) is 0 Å². The minimum absolute atomic E-state index is 0.143. The summed E-state index contributed by atoms with van der Waals surface area (Å²) >= 11 is 0. The second kappa shape index (κ2) is 6.36. The summed E-state index contributed by atoms with van der Waals surface area (Å²) in [6.07, 6.45) is 3.47. The van der Waals surface area contributed by atoms with Crippen LogP contribution in [0.5, 0.6) is 0 Å². The largest absolute Gasteiger partial charge is 0.345 e. The van der Waals surface area contributed by atoms with E-state index in [1.54, 1.807) is 6.21 Å². The van der Waals surface area contributed by atoms with Gasteiger partial charge >= 0.3 is 11.8 Å². The molecule has 0 atom stereocenters. The summed E-state index contributed by atoms with van der Waals surface area (Å²) < 4.78 is 0. The van der Waals surface area contributed by atoms with Gasteiger partial charge in [0, 0.05) is 11.6 Å². The minimum Gasteiger partial charge on any atom is -0.345 e. The predicted molar refractivity (Wildman–Crippen MR) is 98.4 cm³/mol. The van der Waals surface area contributed by atoms with Gasteiger partial charge in [0.1, 0.15) is 0 Å². The molecule has 5 heteroatoms. The third-order valence-electron chi connectivity index (χ3n) is 4.29. The van der Waals surface area contributed by atoms with Crippen molar-refractivity contribution in [1.82, 2.24) is 10.7 Å². The maximum Gasteiger partial charge on any atom is 0.329 e. The highest BCUT2D eigenvalue weighted by atomic mass is 16.2. The molecule has 0 radical (unpaired) electrons. The van der Waals surface area contributed by atoms with Crippen LogP contribution < -0.4 is 10.7 Å². The van der Waals surface area contributed by atoms with Gasteiger partial charge in [-0.1, -0.05) is 48.5 Å². The topological polar surface area (TPSA) is 70.6 Å².